The third-order valence-electron chi connectivity index (χ3n) is 3.54. The van der Waals surface area contributed by atoms with E-state index in [9.17, 15) is 0 Å². The van der Waals surface area contributed by atoms with Crippen LogP contribution in [-0.2, 0) is 11.2 Å². The molecule has 0 radical (unpaired) electrons. The van der Waals surface area contributed by atoms with Gasteiger partial charge < -0.3 is 14.8 Å². The molecular weight excluding hydrogens is 214 g/mol. The predicted octanol–water partition coefficient (Wildman–Crippen LogP) is 2.46. The predicted molar refractivity (Wildman–Crippen MR) is 67.7 cm³/mol. The maximum absolute atomic E-state index is 5.95. The van der Waals surface area contributed by atoms with Gasteiger partial charge in [0.25, 0.3) is 0 Å². The Morgan fingerprint density at radius 1 is 1.41 bits per heavy atom. The fourth-order valence-corrected chi connectivity index (χ4v) is 2.52. The smallest absolute Gasteiger partial charge is 0.142 e. The number of ether oxygens (including phenoxy) is 2. The van der Waals surface area contributed by atoms with E-state index in [1.165, 1.54) is 17.7 Å². The number of nitrogens with one attached hydrogen (secondary N) is 1. The Bertz CT molecular complexity index is 386. The largest absolute Gasteiger partial charge is 0.491 e. The number of anilines is 1. The van der Waals surface area contributed by atoms with Crippen LogP contribution in [-0.4, -0.2) is 26.4 Å². The molecule has 2 heterocycles. The van der Waals surface area contributed by atoms with E-state index in [0.29, 0.717) is 5.92 Å². The van der Waals surface area contributed by atoms with Gasteiger partial charge in [-0.1, -0.05) is 12.1 Å². The second kappa shape index (κ2) is 4.96. The summed E-state index contributed by atoms with van der Waals surface area (Å²) in [4.78, 5) is 0. The Labute approximate surface area is 102 Å². The number of hydrogen-bond acceptors (Lipinski definition) is 3. The van der Waals surface area contributed by atoms with Gasteiger partial charge in [-0.05, 0) is 30.9 Å². The molecule has 3 heteroatoms. The van der Waals surface area contributed by atoms with Gasteiger partial charge in [0.15, 0.2) is 0 Å². The highest BCUT2D eigenvalue weighted by molar-refractivity contribution is 5.63. The summed E-state index contributed by atoms with van der Waals surface area (Å²) in [6, 6.07) is 6.34. The van der Waals surface area contributed by atoms with Gasteiger partial charge in [-0.3, -0.25) is 0 Å². The van der Waals surface area contributed by atoms with Crippen LogP contribution in [0.15, 0.2) is 18.2 Å². The number of benzene rings is 1. The number of aryl methyl sites for hydroxylation is 1. The second-order valence-electron chi connectivity index (χ2n) is 4.86. The van der Waals surface area contributed by atoms with Gasteiger partial charge in [-0.15, -0.1) is 0 Å². The third kappa shape index (κ3) is 2.39. The Morgan fingerprint density at radius 3 is 3.29 bits per heavy atom. The highest BCUT2D eigenvalue weighted by atomic mass is 16.5. The molecule has 2 aliphatic heterocycles. The molecule has 0 aromatic heterocycles. The molecule has 1 N–H and O–H groups in total. The molecule has 0 amide bonds. The number of rotatable bonds is 3. The molecule has 1 fully saturated rings. The van der Waals surface area contributed by atoms with E-state index in [1.807, 2.05) is 0 Å². The monoisotopic (exact) mass is 233 g/mol. The lowest BCUT2D eigenvalue weighted by Gasteiger charge is -2.21. The first-order valence-electron chi connectivity index (χ1n) is 6.50. The van der Waals surface area contributed by atoms with E-state index in [4.69, 9.17) is 9.47 Å². The molecule has 1 aromatic rings. The molecule has 0 saturated carbocycles. The van der Waals surface area contributed by atoms with Crippen LogP contribution < -0.4 is 10.1 Å². The summed E-state index contributed by atoms with van der Waals surface area (Å²) in [7, 11) is 0. The quantitative estimate of drug-likeness (QED) is 0.870. The van der Waals surface area contributed by atoms with Crippen molar-refractivity contribution in [2.24, 2.45) is 5.92 Å². The van der Waals surface area contributed by atoms with Crippen molar-refractivity contribution in [1.82, 2.24) is 0 Å². The molecule has 1 unspecified atom stereocenters. The van der Waals surface area contributed by atoms with Gasteiger partial charge in [0.05, 0.1) is 18.9 Å². The van der Waals surface area contributed by atoms with E-state index in [2.05, 4.69) is 23.5 Å². The summed E-state index contributed by atoms with van der Waals surface area (Å²) in [6.45, 7) is 3.57. The Kier molecular flexibility index (Phi) is 3.18. The van der Waals surface area contributed by atoms with E-state index < -0.39 is 0 Å². The van der Waals surface area contributed by atoms with Gasteiger partial charge in [0.2, 0.25) is 0 Å². The van der Waals surface area contributed by atoms with Crippen LogP contribution in [0.1, 0.15) is 18.4 Å². The lowest BCUT2D eigenvalue weighted by atomic mass is 10.0. The van der Waals surface area contributed by atoms with Crippen molar-refractivity contribution in [2.75, 3.05) is 31.7 Å². The minimum atomic E-state index is 0.564. The van der Waals surface area contributed by atoms with E-state index in [-0.39, 0.29) is 0 Å². The van der Waals surface area contributed by atoms with Crippen molar-refractivity contribution in [3.05, 3.63) is 23.8 Å². The molecule has 1 aromatic carbocycles. The van der Waals surface area contributed by atoms with Gasteiger partial charge in [0, 0.05) is 19.1 Å². The van der Waals surface area contributed by atoms with Crippen molar-refractivity contribution in [2.45, 2.75) is 19.3 Å². The van der Waals surface area contributed by atoms with Gasteiger partial charge >= 0.3 is 0 Å². The first kappa shape index (κ1) is 10.9. The molecule has 0 bridgehead atoms. The highest BCUT2D eigenvalue weighted by Gasteiger charge is 2.18. The summed E-state index contributed by atoms with van der Waals surface area (Å²) < 4.78 is 11.3. The zero-order valence-corrected chi connectivity index (χ0v) is 10.1. The van der Waals surface area contributed by atoms with Gasteiger partial charge in [-0.2, -0.15) is 0 Å². The Balaban J connectivity index is 1.69. The van der Waals surface area contributed by atoms with Gasteiger partial charge in [-0.25, -0.2) is 0 Å². The van der Waals surface area contributed by atoms with Crippen LogP contribution in [0.25, 0.3) is 0 Å². The molecule has 1 atom stereocenters. The first-order chi connectivity index (χ1) is 8.43. The SMILES string of the molecule is c1cc2c(c(OCC3CCOC3)c1)NCCC2. The Morgan fingerprint density at radius 2 is 2.41 bits per heavy atom. The normalized spacial score (nSPS) is 22.9. The zero-order valence-electron chi connectivity index (χ0n) is 10.1. The van der Waals surface area contributed by atoms with Crippen molar-refractivity contribution in [1.29, 1.82) is 0 Å². The van der Waals surface area contributed by atoms with E-state index in [1.54, 1.807) is 0 Å². The van der Waals surface area contributed by atoms with E-state index in [0.717, 1.165) is 45.0 Å². The molecule has 3 nitrogen and oxygen atoms in total. The molecule has 2 aliphatic rings. The molecule has 0 spiro atoms. The first-order valence-corrected chi connectivity index (χ1v) is 6.50. The standard InChI is InChI=1S/C14H19NO2/c1-3-12-4-2-7-15-14(12)13(5-1)17-10-11-6-8-16-9-11/h1,3,5,11,15H,2,4,6-10H2. The molecular formula is C14H19NO2. The van der Waals surface area contributed by atoms with Crippen LogP contribution in [0.5, 0.6) is 5.75 Å². The molecule has 0 aliphatic carbocycles. The van der Waals surface area contributed by atoms with E-state index >= 15 is 0 Å². The maximum Gasteiger partial charge on any atom is 0.142 e. The molecule has 92 valence electrons. The maximum atomic E-state index is 5.95. The minimum absolute atomic E-state index is 0.564. The summed E-state index contributed by atoms with van der Waals surface area (Å²) in [6.07, 6.45) is 3.50. The average molecular weight is 233 g/mol. The second-order valence-corrected chi connectivity index (χ2v) is 4.86. The lowest BCUT2D eigenvalue weighted by molar-refractivity contribution is 0.167. The van der Waals surface area contributed by atoms with Crippen molar-refractivity contribution >= 4 is 5.69 Å². The number of para-hydroxylation sites is 1. The minimum Gasteiger partial charge on any atom is -0.491 e. The molecule has 3 rings (SSSR count). The third-order valence-corrected chi connectivity index (χ3v) is 3.54. The van der Waals surface area contributed by atoms with Crippen LogP contribution in [0.2, 0.25) is 0 Å². The van der Waals surface area contributed by atoms with Crippen molar-refractivity contribution in [3.63, 3.8) is 0 Å². The average Bonchev–Trinajstić information content (AvgIpc) is 2.89. The number of hydrogen-bond donors (Lipinski definition) is 1. The summed E-state index contributed by atoms with van der Waals surface area (Å²) in [5.41, 5.74) is 2.59. The van der Waals surface area contributed by atoms with Crippen molar-refractivity contribution < 1.29 is 9.47 Å². The summed E-state index contributed by atoms with van der Waals surface area (Å²) in [5, 5.41) is 3.45. The highest BCUT2D eigenvalue weighted by Crippen LogP contribution is 2.32. The topological polar surface area (TPSA) is 30.5 Å². The van der Waals surface area contributed by atoms with Gasteiger partial charge in [0.1, 0.15) is 5.75 Å². The molecule has 1 saturated heterocycles. The zero-order chi connectivity index (χ0) is 11.5. The fourth-order valence-electron chi connectivity index (χ4n) is 2.52. The van der Waals surface area contributed by atoms with Crippen LogP contribution in [0.4, 0.5) is 5.69 Å². The Hall–Kier alpha value is -1.22. The molecule has 17 heavy (non-hydrogen) atoms. The van der Waals surface area contributed by atoms with Crippen molar-refractivity contribution in [3.8, 4) is 5.75 Å². The van der Waals surface area contributed by atoms with Crippen LogP contribution >= 0.6 is 0 Å². The number of fused-ring (bicyclic) bond motifs is 1. The van der Waals surface area contributed by atoms with Crippen LogP contribution in [0, 0.1) is 5.92 Å². The van der Waals surface area contributed by atoms with Crippen LogP contribution in [0.3, 0.4) is 0 Å². The summed E-state index contributed by atoms with van der Waals surface area (Å²) >= 11 is 0. The fraction of sp³-hybridized carbons (Fsp3) is 0.571. The lowest BCUT2D eigenvalue weighted by Crippen LogP contribution is -2.16. The summed E-state index contributed by atoms with van der Waals surface area (Å²) in [5.74, 6) is 1.57.